The number of phenols is 1. The molecule has 0 fully saturated rings. The van der Waals surface area contributed by atoms with Crippen LogP contribution in [-0.2, 0) is 9.84 Å². The van der Waals surface area contributed by atoms with Gasteiger partial charge in [0, 0.05) is 5.56 Å². The number of rotatable bonds is 1. The molecule has 4 nitrogen and oxygen atoms in total. The van der Waals surface area contributed by atoms with Crippen LogP contribution in [0.25, 0.3) is 6.08 Å². The van der Waals surface area contributed by atoms with Crippen molar-refractivity contribution in [1.82, 2.24) is 0 Å². The van der Waals surface area contributed by atoms with Crippen molar-refractivity contribution >= 4 is 15.9 Å². The van der Waals surface area contributed by atoms with Crippen LogP contribution in [0.4, 0.5) is 0 Å². The standard InChI is InChI=1S/C11H12O4S/c1-11(2,13)10-6-7-8(12)4-3-5-9(7)16(10,14)15/h3-6,12-13H,1-2H3. The molecular formula is C11H12O4S. The Bertz CT molecular complexity index is 576. The lowest BCUT2D eigenvalue weighted by atomic mass is 10.1. The average Bonchev–Trinajstić information content (AvgIpc) is 2.39. The molecule has 2 rings (SSSR count). The molecule has 1 aliphatic rings. The largest absolute Gasteiger partial charge is 0.507 e. The first kappa shape index (κ1) is 11.2. The topological polar surface area (TPSA) is 74.6 Å². The van der Waals surface area contributed by atoms with Gasteiger partial charge in [-0.2, -0.15) is 0 Å². The number of aliphatic hydroxyl groups is 1. The van der Waals surface area contributed by atoms with Crippen LogP contribution < -0.4 is 0 Å². The van der Waals surface area contributed by atoms with Crippen molar-refractivity contribution in [3.05, 3.63) is 28.7 Å². The fraction of sp³-hybridized carbons (Fsp3) is 0.273. The lowest BCUT2D eigenvalue weighted by Gasteiger charge is -2.18. The molecule has 0 saturated heterocycles. The summed E-state index contributed by atoms with van der Waals surface area (Å²) in [5, 5.41) is 19.3. The van der Waals surface area contributed by atoms with E-state index in [2.05, 4.69) is 0 Å². The Morgan fingerprint density at radius 3 is 2.38 bits per heavy atom. The molecule has 0 bridgehead atoms. The zero-order valence-electron chi connectivity index (χ0n) is 8.93. The van der Waals surface area contributed by atoms with Gasteiger partial charge in [-0.25, -0.2) is 8.42 Å². The Kier molecular flexibility index (Phi) is 2.15. The minimum atomic E-state index is -3.68. The normalized spacial score (nSPS) is 18.1. The third-order valence-corrected chi connectivity index (χ3v) is 4.63. The van der Waals surface area contributed by atoms with E-state index in [1.807, 2.05) is 0 Å². The average molecular weight is 240 g/mol. The Balaban J connectivity index is 2.76. The molecular weight excluding hydrogens is 228 g/mol. The molecule has 0 amide bonds. The second-order valence-electron chi connectivity index (χ2n) is 4.26. The highest BCUT2D eigenvalue weighted by atomic mass is 32.2. The summed E-state index contributed by atoms with van der Waals surface area (Å²) in [6.45, 7) is 2.80. The first-order chi connectivity index (χ1) is 7.24. The van der Waals surface area contributed by atoms with Crippen molar-refractivity contribution in [1.29, 1.82) is 0 Å². The predicted molar refractivity (Wildman–Crippen MR) is 59.6 cm³/mol. The van der Waals surface area contributed by atoms with E-state index in [9.17, 15) is 18.6 Å². The monoisotopic (exact) mass is 240 g/mol. The van der Waals surface area contributed by atoms with Crippen molar-refractivity contribution in [3.63, 3.8) is 0 Å². The van der Waals surface area contributed by atoms with Gasteiger partial charge in [-0.1, -0.05) is 6.07 Å². The van der Waals surface area contributed by atoms with Gasteiger partial charge in [-0.15, -0.1) is 0 Å². The van der Waals surface area contributed by atoms with Crippen LogP contribution >= 0.6 is 0 Å². The fourth-order valence-electron chi connectivity index (χ4n) is 1.74. The fourth-order valence-corrected chi connectivity index (χ4v) is 3.62. The van der Waals surface area contributed by atoms with Crippen LogP contribution in [0.3, 0.4) is 0 Å². The molecule has 5 heteroatoms. The molecule has 1 aromatic rings. The van der Waals surface area contributed by atoms with Crippen LogP contribution in [0, 0.1) is 0 Å². The van der Waals surface area contributed by atoms with Crippen LogP contribution in [0.15, 0.2) is 28.0 Å². The number of sulfone groups is 1. The number of fused-ring (bicyclic) bond motifs is 1. The first-order valence-corrected chi connectivity index (χ1v) is 6.24. The summed E-state index contributed by atoms with van der Waals surface area (Å²) in [5.41, 5.74) is -1.20. The summed E-state index contributed by atoms with van der Waals surface area (Å²) in [6, 6.07) is 4.30. The highest BCUT2D eigenvalue weighted by molar-refractivity contribution is 7.96. The van der Waals surface area contributed by atoms with E-state index in [4.69, 9.17) is 0 Å². The highest BCUT2D eigenvalue weighted by Crippen LogP contribution is 2.41. The van der Waals surface area contributed by atoms with Crippen molar-refractivity contribution in [3.8, 4) is 5.75 Å². The van der Waals surface area contributed by atoms with Crippen LogP contribution in [0.5, 0.6) is 5.75 Å². The molecule has 0 unspecified atom stereocenters. The molecule has 0 radical (unpaired) electrons. The third kappa shape index (κ3) is 1.44. The molecule has 1 heterocycles. The summed E-state index contributed by atoms with van der Waals surface area (Å²) >= 11 is 0. The number of phenolic OH excluding ortho intramolecular Hbond substituents is 1. The minimum Gasteiger partial charge on any atom is -0.507 e. The number of aromatic hydroxyl groups is 1. The smallest absolute Gasteiger partial charge is 0.206 e. The van der Waals surface area contributed by atoms with E-state index in [1.165, 1.54) is 38.1 Å². The van der Waals surface area contributed by atoms with Gasteiger partial charge < -0.3 is 10.2 Å². The molecule has 2 N–H and O–H groups in total. The maximum atomic E-state index is 12.0. The second kappa shape index (κ2) is 3.09. The lowest BCUT2D eigenvalue weighted by molar-refractivity contribution is 0.129. The van der Waals surface area contributed by atoms with Crippen LogP contribution in [-0.4, -0.2) is 24.2 Å². The van der Waals surface area contributed by atoms with E-state index in [0.29, 0.717) is 0 Å². The Morgan fingerprint density at radius 1 is 1.25 bits per heavy atom. The van der Waals surface area contributed by atoms with E-state index in [-0.39, 0.29) is 21.1 Å². The van der Waals surface area contributed by atoms with Gasteiger partial charge in [0.15, 0.2) is 0 Å². The minimum absolute atomic E-state index is 0.0459. The number of benzene rings is 1. The van der Waals surface area contributed by atoms with Gasteiger partial charge in [0.05, 0.1) is 15.4 Å². The number of hydrogen-bond donors (Lipinski definition) is 2. The molecule has 0 atom stereocenters. The Morgan fingerprint density at radius 2 is 1.88 bits per heavy atom. The van der Waals surface area contributed by atoms with E-state index in [0.717, 1.165) is 0 Å². The predicted octanol–water partition coefficient (Wildman–Crippen LogP) is 1.29. The molecule has 16 heavy (non-hydrogen) atoms. The van der Waals surface area contributed by atoms with Gasteiger partial charge in [0.25, 0.3) is 0 Å². The van der Waals surface area contributed by atoms with E-state index < -0.39 is 15.4 Å². The maximum absolute atomic E-state index is 12.0. The summed E-state index contributed by atoms with van der Waals surface area (Å²) in [7, 11) is -3.68. The quantitative estimate of drug-likeness (QED) is 0.775. The lowest BCUT2D eigenvalue weighted by Crippen LogP contribution is -2.25. The summed E-state index contributed by atoms with van der Waals surface area (Å²) in [4.78, 5) is -0.0406. The van der Waals surface area contributed by atoms with Crippen LogP contribution in [0.2, 0.25) is 0 Å². The zero-order chi connectivity index (χ0) is 12.1. The second-order valence-corrected chi connectivity index (χ2v) is 6.15. The molecule has 1 aromatic carbocycles. The van der Waals surface area contributed by atoms with E-state index >= 15 is 0 Å². The third-order valence-electron chi connectivity index (χ3n) is 2.50. The van der Waals surface area contributed by atoms with Crippen molar-refractivity contribution in [2.24, 2.45) is 0 Å². The molecule has 0 spiro atoms. The van der Waals surface area contributed by atoms with Crippen molar-refractivity contribution < 1.29 is 18.6 Å². The van der Waals surface area contributed by atoms with Crippen LogP contribution in [0.1, 0.15) is 19.4 Å². The zero-order valence-corrected chi connectivity index (χ0v) is 9.75. The highest BCUT2D eigenvalue weighted by Gasteiger charge is 2.38. The molecule has 86 valence electrons. The first-order valence-electron chi connectivity index (χ1n) is 4.76. The van der Waals surface area contributed by atoms with Gasteiger partial charge in [0.1, 0.15) is 5.75 Å². The molecule has 0 saturated carbocycles. The van der Waals surface area contributed by atoms with Gasteiger partial charge in [0.2, 0.25) is 9.84 Å². The SMILES string of the molecule is CC(C)(O)C1=Cc2c(O)cccc2S1(=O)=O. The Labute approximate surface area is 93.8 Å². The van der Waals surface area contributed by atoms with Gasteiger partial charge in [-0.05, 0) is 32.1 Å². The molecule has 0 aromatic heterocycles. The summed E-state index contributed by atoms with van der Waals surface area (Å²) in [6.07, 6.45) is 1.32. The van der Waals surface area contributed by atoms with Gasteiger partial charge >= 0.3 is 0 Å². The molecule has 1 aliphatic heterocycles. The Hall–Kier alpha value is -1.33. The summed E-state index contributed by atoms with van der Waals surface area (Å²) < 4.78 is 24.1. The molecule has 0 aliphatic carbocycles. The van der Waals surface area contributed by atoms with E-state index in [1.54, 1.807) is 0 Å². The van der Waals surface area contributed by atoms with Gasteiger partial charge in [-0.3, -0.25) is 0 Å². The van der Waals surface area contributed by atoms with Crippen molar-refractivity contribution in [2.75, 3.05) is 0 Å². The van der Waals surface area contributed by atoms with Crippen molar-refractivity contribution in [2.45, 2.75) is 24.3 Å². The maximum Gasteiger partial charge on any atom is 0.206 e. The number of hydrogen-bond acceptors (Lipinski definition) is 4. The summed E-state index contributed by atoms with van der Waals surface area (Å²) in [5.74, 6) is -0.0969.